The lowest BCUT2D eigenvalue weighted by Crippen LogP contribution is -2.42. The van der Waals surface area contributed by atoms with Crippen LogP contribution < -0.4 is 11.4 Å². The molecule has 1 unspecified atom stereocenters. The van der Waals surface area contributed by atoms with Gasteiger partial charge in [-0.3, -0.25) is 4.57 Å². The lowest BCUT2D eigenvalue weighted by atomic mass is 10.1. The van der Waals surface area contributed by atoms with Crippen molar-refractivity contribution in [1.29, 1.82) is 0 Å². The summed E-state index contributed by atoms with van der Waals surface area (Å²) in [5.41, 5.74) is 5.42. The monoisotopic (exact) mass is 556 g/mol. The van der Waals surface area contributed by atoms with Crippen LogP contribution in [0.5, 0.6) is 0 Å². The van der Waals surface area contributed by atoms with E-state index in [1.165, 1.54) is 12.1 Å². The number of nitrogens with zero attached hydrogens (tertiary/aromatic N) is 3. The van der Waals surface area contributed by atoms with Gasteiger partial charge >= 0.3 is 23.6 Å². The molecule has 12 heteroatoms. The number of aromatic nitrogens is 3. The first kappa shape index (κ1) is 27.2. The minimum Gasteiger partial charge on any atom is -0.459 e. The molecule has 12 nitrogen and oxygen atoms in total. The highest BCUT2D eigenvalue weighted by molar-refractivity contribution is 5.91. The van der Waals surface area contributed by atoms with E-state index in [0.717, 1.165) is 10.9 Å². The summed E-state index contributed by atoms with van der Waals surface area (Å²) in [7, 11) is 0. The van der Waals surface area contributed by atoms with E-state index >= 15 is 0 Å². The first-order chi connectivity index (χ1) is 19.9. The molecule has 0 bridgehead atoms. The lowest BCUT2D eigenvalue weighted by molar-refractivity contribution is -0.0643. The normalized spacial score (nSPS) is 19.7. The Labute approximate surface area is 233 Å². The van der Waals surface area contributed by atoms with Crippen LogP contribution in [0.25, 0.3) is 0 Å². The van der Waals surface area contributed by atoms with Gasteiger partial charge in [0.05, 0.1) is 16.7 Å². The summed E-state index contributed by atoms with van der Waals surface area (Å²) in [6.45, 7) is -0.402. The predicted molar refractivity (Wildman–Crippen MR) is 143 cm³/mol. The fraction of sp³-hybridized carbons (Fsp3) is 0.172. The fourth-order valence-corrected chi connectivity index (χ4v) is 4.21. The number of hydrogen-bond acceptors (Lipinski definition) is 11. The quantitative estimate of drug-likeness (QED) is 0.251. The number of nitrogen functional groups attached to an aromatic ring is 1. The predicted octanol–water partition coefficient (Wildman–Crippen LogP) is 2.43. The highest BCUT2D eigenvalue weighted by Crippen LogP contribution is 2.34. The van der Waals surface area contributed by atoms with Gasteiger partial charge in [-0.25, -0.2) is 24.2 Å². The van der Waals surface area contributed by atoms with Crippen LogP contribution in [0.3, 0.4) is 0 Å². The van der Waals surface area contributed by atoms with Crippen LogP contribution in [0.15, 0.2) is 102 Å². The smallest absolute Gasteiger partial charge is 0.354 e. The molecule has 0 saturated carbocycles. The number of anilines is 1. The lowest BCUT2D eigenvalue weighted by Gasteiger charge is -2.24. The van der Waals surface area contributed by atoms with Gasteiger partial charge in [0, 0.05) is 0 Å². The van der Waals surface area contributed by atoms with Gasteiger partial charge in [-0.1, -0.05) is 54.6 Å². The average Bonchev–Trinajstić information content (AvgIpc) is 3.33. The van der Waals surface area contributed by atoms with E-state index in [1.807, 2.05) is 0 Å². The van der Waals surface area contributed by atoms with Crippen LogP contribution >= 0.6 is 0 Å². The Hall–Kier alpha value is -5.36. The van der Waals surface area contributed by atoms with Crippen molar-refractivity contribution in [3.63, 3.8) is 0 Å². The zero-order valence-electron chi connectivity index (χ0n) is 21.4. The van der Waals surface area contributed by atoms with E-state index in [9.17, 15) is 19.2 Å². The van der Waals surface area contributed by atoms with Gasteiger partial charge < -0.3 is 24.7 Å². The standard InChI is InChI=1S/C29H24N4O8/c30-28-31-17-33(29(37)32-28)24-23(41-27(36)20-14-8-3-9-15-20)22(40-26(35)19-12-6-2-7-13-19)21(39-24)16-38-25(34)18-10-4-1-5-11-18/h1-15,17,21-24H,16H2,(H2,30,32,37)/t21-,22?,23+,24-/m1/s1. The Morgan fingerprint density at radius 1 is 0.756 bits per heavy atom. The molecule has 2 heterocycles. The zero-order chi connectivity index (χ0) is 28.8. The molecule has 3 aromatic carbocycles. The van der Waals surface area contributed by atoms with Gasteiger partial charge in [0.15, 0.2) is 18.4 Å². The molecule has 1 aliphatic heterocycles. The van der Waals surface area contributed by atoms with Crippen LogP contribution in [-0.2, 0) is 18.9 Å². The molecule has 41 heavy (non-hydrogen) atoms. The van der Waals surface area contributed by atoms with Crippen molar-refractivity contribution in [3.05, 3.63) is 124 Å². The average molecular weight is 557 g/mol. The molecule has 4 aromatic rings. The summed E-state index contributed by atoms with van der Waals surface area (Å²) < 4.78 is 24.1. The minimum absolute atomic E-state index is 0.208. The van der Waals surface area contributed by atoms with Crippen molar-refractivity contribution in [3.8, 4) is 0 Å². The molecular weight excluding hydrogens is 532 g/mol. The van der Waals surface area contributed by atoms with Crippen LogP contribution in [0, 0.1) is 0 Å². The van der Waals surface area contributed by atoms with Gasteiger partial charge in [-0.05, 0) is 36.4 Å². The maximum atomic E-state index is 13.1. The number of ether oxygens (including phenoxy) is 4. The Bertz CT molecular complexity index is 1580. The highest BCUT2D eigenvalue weighted by Gasteiger charge is 2.51. The zero-order valence-corrected chi connectivity index (χ0v) is 21.4. The largest absolute Gasteiger partial charge is 0.459 e. The van der Waals surface area contributed by atoms with Crippen molar-refractivity contribution in [2.24, 2.45) is 0 Å². The summed E-state index contributed by atoms with van der Waals surface area (Å²) in [5.74, 6) is -2.45. The number of carbonyl (C=O) groups excluding carboxylic acids is 3. The molecule has 0 aliphatic carbocycles. The summed E-state index contributed by atoms with van der Waals surface area (Å²) in [6, 6.07) is 24.5. The number of esters is 3. The van der Waals surface area contributed by atoms with Gasteiger partial charge in [0.1, 0.15) is 19.0 Å². The molecule has 5 rings (SSSR count). The van der Waals surface area contributed by atoms with Gasteiger partial charge in [-0.2, -0.15) is 4.98 Å². The molecule has 1 fully saturated rings. The van der Waals surface area contributed by atoms with Crippen LogP contribution in [0.4, 0.5) is 5.95 Å². The Morgan fingerprint density at radius 2 is 1.24 bits per heavy atom. The molecule has 4 atom stereocenters. The Balaban J connectivity index is 1.49. The number of hydrogen-bond donors (Lipinski definition) is 1. The van der Waals surface area contributed by atoms with E-state index < -0.39 is 54.7 Å². The van der Waals surface area contributed by atoms with Gasteiger partial charge in [0.2, 0.25) is 5.95 Å². The molecule has 1 aliphatic rings. The third-order valence-corrected chi connectivity index (χ3v) is 6.20. The number of nitrogens with two attached hydrogens (primary N) is 1. The van der Waals surface area contributed by atoms with E-state index in [2.05, 4.69) is 9.97 Å². The SMILES string of the molecule is Nc1ncn([C@@H]2O[C@H](COC(=O)c3ccccc3)C(OC(=O)c3ccccc3)[C@@H]2OC(=O)c2ccccc2)c(=O)n1. The first-order valence-electron chi connectivity index (χ1n) is 12.5. The maximum absolute atomic E-state index is 13.1. The van der Waals surface area contributed by atoms with Crippen LogP contribution in [0.2, 0.25) is 0 Å². The summed E-state index contributed by atoms with van der Waals surface area (Å²) in [6.07, 6.45) is -4.12. The molecular formula is C29H24N4O8. The van der Waals surface area contributed by atoms with Crippen molar-refractivity contribution in [2.45, 2.75) is 24.5 Å². The highest BCUT2D eigenvalue weighted by atomic mass is 16.7. The summed E-state index contributed by atoms with van der Waals surface area (Å²) >= 11 is 0. The number of carbonyl (C=O) groups is 3. The second-order valence-corrected chi connectivity index (χ2v) is 8.91. The number of benzene rings is 3. The molecule has 0 spiro atoms. The van der Waals surface area contributed by atoms with Crippen molar-refractivity contribution < 1.29 is 33.3 Å². The molecule has 0 amide bonds. The van der Waals surface area contributed by atoms with Crippen molar-refractivity contribution in [2.75, 3.05) is 12.3 Å². The second kappa shape index (κ2) is 12.2. The molecule has 1 aromatic heterocycles. The van der Waals surface area contributed by atoms with Crippen molar-refractivity contribution in [1.82, 2.24) is 14.5 Å². The maximum Gasteiger partial charge on any atom is 0.354 e. The molecule has 1 saturated heterocycles. The molecule has 208 valence electrons. The van der Waals surface area contributed by atoms with Gasteiger partial charge in [-0.15, -0.1) is 0 Å². The van der Waals surface area contributed by atoms with E-state index in [4.69, 9.17) is 24.7 Å². The van der Waals surface area contributed by atoms with Crippen LogP contribution in [-0.4, -0.2) is 57.4 Å². The summed E-state index contributed by atoms with van der Waals surface area (Å²) in [4.78, 5) is 59.2. The third kappa shape index (κ3) is 6.28. The molecule has 2 N–H and O–H groups in total. The van der Waals surface area contributed by atoms with E-state index in [1.54, 1.807) is 78.9 Å². The topological polar surface area (TPSA) is 162 Å². The fourth-order valence-electron chi connectivity index (χ4n) is 4.21. The van der Waals surface area contributed by atoms with E-state index in [-0.39, 0.29) is 22.6 Å². The first-order valence-corrected chi connectivity index (χ1v) is 12.5. The van der Waals surface area contributed by atoms with Crippen molar-refractivity contribution >= 4 is 23.9 Å². The summed E-state index contributed by atoms with van der Waals surface area (Å²) in [5, 5.41) is 0. The minimum atomic E-state index is -1.37. The Morgan fingerprint density at radius 3 is 1.76 bits per heavy atom. The Kier molecular flexibility index (Phi) is 8.11. The number of rotatable bonds is 8. The molecule has 0 radical (unpaired) electrons. The second-order valence-electron chi connectivity index (χ2n) is 8.91. The van der Waals surface area contributed by atoms with Crippen LogP contribution in [0.1, 0.15) is 37.3 Å². The third-order valence-electron chi connectivity index (χ3n) is 6.20. The van der Waals surface area contributed by atoms with E-state index in [0.29, 0.717) is 0 Å². The van der Waals surface area contributed by atoms with Gasteiger partial charge in [0.25, 0.3) is 0 Å².